The fourth-order valence-electron chi connectivity index (χ4n) is 3.52. The van der Waals surface area contributed by atoms with Crippen molar-refractivity contribution in [3.05, 3.63) is 43.3 Å². The van der Waals surface area contributed by atoms with Gasteiger partial charge in [-0.05, 0) is 93.7 Å². The zero-order valence-electron chi connectivity index (χ0n) is 28.5. The maximum Gasteiger partial charge on any atom is 0.192 e. The monoisotopic (exact) mass is 652 g/mol. The number of nitrogens with zero attached hydrogens (tertiary/aromatic N) is 2. The number of hydrogen-bond donors (Lipinski definition) is 1. The van der Waals surface area contributed by atoms with Gasteiger partial charge in [0.1, 0.15) is 6.29 Å². The molecule has 238 valence electrons. The van der Waals surface area contributed by atoms with Crippen molar-refractivity contribution < 1.29 is 18.8 Å². The van der Waals surface area contributed by atoms with Crippen LogP contribution in [0, 0.1) is 13.8 Å². The lowest BCUT2D eigenvalue weighted by molar-refractivity contribution is -0.109. The van der Waals surface area contributed by atoms with Crippen LogP contribution in [-0.4, -0.2) is 56.8 Å². The molecule has 2 atom stereocenters. The highest BCUT2D eigenvalue weighted by atomic mass is 32.1. The molecule has 0 amide bonds. The number of carbonyl (C=O) groups excluding carboxylic acids is 1. The SMILES string of the molecule is C/C(=C\c1csc(C)n1)[C@H](CC=O)O[Si](C)(C)C(C)(C)C.C/C(=C\c1csc(C)n1)[C@H](CCO)O[Si](C)(C)C(C)(C)C. The third kappa shape index (κ3) is 12.4. The van der Waals surface area contributed by atoms with Crippen LogP contribution in [-0.2, 0) is 13.6 Å². The molecule has 6 nitrogen and oxygen atoms in total. The van der Waals surface area contributed by atoms with Crippen molar-refractivity contribution in [2.75, 3.05) is 6.61 Å². The van der Waals surface area contributed by atoms with E-state index in [1.54, 1.807) is 22.7 Å². The highest BCUT2D eigenvalue weighted by Crippen LogP contribution is 2.39. The average Bonchev–Trinajstić information content (AvgIpc) is 3.44. The second-order valence-electron chi connectivity index (χ2n) is 14.0. The van der Waals surface area contributed by atoms with Gasteiger partial charge in [-0.15, -0.1) is 22.7 Å². The first kappa shape index (κ1) is 38.7. The Morgan fingerprint density at radius 3 is 1.52 bits per heavy atom. The highest BCUT2D eigenvalue weighted by molar-refractivity contribution is 7.09. The van der Waals surface area contributed by atoms with Gasteiger partial charge in [-0.2, -0.15) is 0 Å². The third-order valence-corrected chi connectivity index (χ3v) is 18.8. The molecule has 1 N–H and O–H groups in total. The summed E-state index contributed by atoms with van der Waals surface area (Å²) in [6, 6.07) is 0. The van der Waals surface area contributed by atoms with E-state index in [-0.39, 0.29) is 28.9 Å². The molecule has 0 unspecified atom stereocenters. The standard InChI is InChI=1S/C16H29NO2SSi.C16H27NO2SSi/c2*1-12(10-14-11-20-13(2)17-14)15(8-9-18)19-21(6,7)16(3,4)5/h10-11,15,18H,8-9H2,1-7H3;9-11,15H,8H2,1-7H3/b2*12-10+/t2*15-/m00/s1. The first-order chi connectivity index (χ1) is 19.1. The van der Waals surface area contributed by atoms with Gasteiger partial charge < -0.3 is 18.8 Å². The number of aryl methyl sites for hydroxylation is 2. The van der Waals surface area contributed by atoms with E-state index >= 15 is 0 Å². The van der Waals surface area contributed by atoms with Gasteiger partial charge in [0, 0.05) is 23.8 Å². The molecule has 0 radical (unpaired) electrons. The van der Waals surface area contributed by atoms with Crippen LogP contribution in [0.15, 0.2) is 21.9 Å². The molecule has 0 saturated heterocycles. The van der Waals surface area contributed by atoms with Crippen molar-refractivity contribution in [3.63, 3.8) is 0 Å². The summed E-state index contributed by atoms with van der Waals surface area (Å²) in [5, 5.41) is 15.8. The molecule has 0 saturated carbocycles. The summed E-state index contributed by atoms with van der Waals surface area (Å²) in [7, 11) is -3.75. The van der Waals surface area contributed by atoms with E-state index in [1.807, 2.05) is 32.2 Å². The fourth-order valence-corrected chi connectivity index (χ4v) is 7.38. The van der Waals surface area contributed by atoms with E-state index in [9.17, 15) is 9.90 Å². The van der Waals surface area contributed by atoms with E-state index in [0.717, 1.165) is 38.8 Å². The lowest BCUT2D eigenvalue weighted by Crippen LogP contribution is -2.44. The Bertz CT molecular complexity index is 1190. The van der Waals surface area contributed by atoms with Crippen LogP contribution in [0.3, 0.4) is 0 Å². The number of thiazole rings is 2. The van der Waals surface area contributed by atoms with E-state index < -0.39 is 16.6 Å². The maximum atomic E-state index is 11.0. The Balaban J connectivity index is 0.000000420. The van der Waals surface area contributed by atoms with Crippen LogP contribution in [0.2, 0.25) is 36.3 Å². The molecule has 0 bridgehead atoms. The highest BCUT2D eigenvalue weighted by Gasteiger charge is 2.40. The zero-order valence-corrected chi connectivity index (χ0v) is 32.2. The molecule has 0 aromatic carbocycles. The number of carbonyl (C=O) groups is 1. The molecule has 0 aliphatic carbocycles. The van der Waals surface area contributed by atoms with Gasteiger partial charge in [0.05, 0.1) is 33.6 Å². The van der Waals surface area contributed by atoms with Crippen LogP contribution in [0.5, 0.6) is 0 Å². The molecule has 2 aromatic heterocycles. The molecule has 42 heavy (non-hydrogen) atoms. The van der Waals surface area contributed by atoms with Crippen molar-refractivity contribution in [1.29, 1.82) is 0 Å². The van der Waals surface area contributed by atoms with Gasteiger partial charge in [-0.25, -0.2) is 9.97 Å². The molecule has 0 aliphatic heterocycles. The van der Waals surface area contributed by atoms with Crippen LogP contribution < -0.4 is 0 Å². The third-order valence-electron chi connectivity index (χ3n) is 8.23. The van der Waals surface area contributed by atoms with E-state index in [4.69, 9.17) is 8.85 Å². The summed E-state index contributed by atoms with van der Waals surface area (Å²) < 4.78 is 12.9. The van der Waals surface area contributed by atoms with Crippen LogP contribution in [0.25, 0.3) is 12.2 Å². The first-order valence-corrected chi connectivity index (χ1v) is 22.3. The second kappa shape index (κ2) is 16.2. The number of rotatable bonds is 12. The normalized spacial score (nSPS) is 15.2. The molecule has 0 spiro atoms. The number of aromatic nitrogens is 2. The molecule has 2 rings (SSSR count). The fraction of sp³-hybridized carbons (Fsp3) is 0.656. The van der Waals surface area contributed by atoms with E-state index in [0.29, 0.717) is 12.8 Å². The van der Waals surface area contributed by atoms with Gasteiger partial charge >= 0.3 is 0 Å². The predicted octanol–water partition coefficient (Wildman–Crippen LogP) is 9.46. The van der Waals surface area contributed by atoms with Crippen molar-refractivity contribution in [2.24, 2.45) is 0 Å². The Kier molecular flexibility index (Phi) is 14.9. The molecule has 0 fully saturated rings. The zero-order chi connectivity index (χ0) is 32.5. The largest absolute Gasteiger partial charge is 0.410 e. The first-order valence-electron chi connectivity index (χ1n) is 14.7. The smallest absolute Gasteiger partial charge is 0.192 e. The predicted molar refractivity (Wildman–Crippen MR) is 188 cm³/mol. The lowest BCUT2D eigenvalue weighted by Gasteiger charge is -2.39. The van der Waals surface area contributed by atoms with E-state index in [2.05, 4.69) is 96.1 Å². The molecule has 2 heterocycles. The molecule has 10 heteroatoms. The van der Waals surface area contributed by atoms with E-state index in [1.165, 1.54) is 0 Å². The topological polar surface area (TPSA) is 81.5 Å². The van der Waals surface area contributed by atoms with Gasteiger partial charge in [-0.1, -0.05) is 41.5 Å². The van der Waals surface area contributed by atoms with Gasteiger partial charge in [0.2, 0.25) is 0 Å². The lowest BCUT2D eigenvalue weighted by atomic mass is 10.1. The van der Waals surface area contributed by atoms with Gasteiger partial charge in [-0.3, -0.25) is 0 Å². The molecular weight excluding hydrogens is 597 g/mol. The summed E-state index contributed by atoms with van der Waals surface area (Å²) in [6.45, 7) is 30.5. The van der Waals surface area contributed by atoms with Gasteiger partial charge in [0.25, 0.3) is 0 Å². The Morgan fingerprint density at radius 1 is 0.833 bits per heavy atom. The Labute approximate surface area is 266 Å². The van der Waals surface area contributed by atoms with Gasteiger partial charge in [0.15, 0.2) is 16.6 Å². The molecular formula is C32H56N2O4S2Si2. The van der Waals surface area contributed by atoms with Crippen LogP contribution in [0.1, 0.15) is 89.6 Å². The summed E-state index contributed by atoms with van der Waals surface area (Å²) in [5.74, 6) is 0. The minimum Gasteiger partial charge on any atom is -0.410 e. The molecule has 2 aromatic rings. The molecule has 0 aliphatic rings. The number of aliphatic hydroxyl groups excluding tert-OH is 1. The van der Waals surface area contributed by atoms with Crippen molar-refractivity contribution in [1.82, 2.24) is 9.97 Å². The quantitative estimate of drug-likeness (QED) is 0.182. The second-order valence-corrected chi connectivity index (χ2v) is 25.6. The summed E-state index contributed by atoms with van der Waals surface area (Å²) in [4.78, 5) is 19.9. The summed E-state index contributed by atoms with van der Waals surface area (Å²) >= 11 is 3.28. The average molecular weight is 653 g/mol. The van der Waals surface area contributed by atoms with Crippen LogP contribution in [0.4, 0.5) is 0 Å². The summed E-state index contributed by atoms with van der Waals surface area (Å²) in [6.07, 6.45) is 5.92. The Morgan fingerprint density at radius 2 is 1.21 bits per heavy atom. The number of aldehydes is 1. The van der Waals surface area contributed by atoms with Crippen molar-refractivity contribution in [3.8, 4) is 0 Å². The van der Waals surface area contributed by atoms with Crippen molar-refractivity contribution >= 4 is 57.7 Å². The maximum absolute atomic E-state index is 11.0. The minimum absolute atomic E-state index is 0.0297. The number of hydrogen-bond acceptors (Lipinski definition) is 8. The summed E-state index contributed by atoms with van der Waals surface area (Å²) in [5.41, 5.74) is 4.14. The van der Waals surface area contributed by atoms with Crippen molar-refractivity contribution in [2.45, 2.75) is 131 Å². The van der Waals surface area contributed by atoms with Crippen LogP contribution >= 0.6 is 22.7 Å². The Hall–Kier alpha value is -1.28. The minimum atomic E-state index is -1.90. The number of aliphatic hydroxyl groups is 1.